The molecule has 2 aromatic heterocycles. The fourth-order valence-electron chi connectivity index (χ4n) is 5.59. The molecule has 0 unspecified atom stereocenters. The number of rotatable bonds is 4. The van der Waals surface area contributed by atoms with Gasteiger partial charge in [0.1, 0.15) is 23.2 Å². The average Bonchev–Trinajstić information content (AvgIpc) is 3.33. The third kappa shape index (κ3) is 4.40. The number of hydrogen-bond acceptors (Lipinski definition) is 6. The molecule has 2 aromatic carbocycles. The third-order valence-corrected chi connectivity index (χ3v) is 7.50. The molecule has 4 aromatic rings. The summed E-state index contributed by atoms with van der Waals surface area (Å²) in [6.07, 6.45) is 7.57. The van der Waals surface area contributed by atoms with Crippen molar-refractivity contribution in [2.24, 2.45) is 5.73 Å². The van der Waals surface area contributed by atoms with Crippen LogP contribution >= 0.6 is 0 Å². The third-order valence-electron chi connectivity index (χ3n) is 7.50. The van der Waals surface area contributed by atoms with E-state index < -0.39 is 5.82 Å². The SMILES string of the molecule is N#Cc1ccc(-c2nc3c(N4CCC[C@@H](N)C4)ccnc3n2-c2ccc(N3CCCCC3)cc2)cc1F. The van der Waals surface area contributed by atoms with E-state index in [2.05, 4.69) is 34.1 Å². The monoisotopic (exact) mass is 495 g/mol. The zero-order chi connectivity index (χ0) is 25.4. The molecule has 0 aliphatic carbocycles. The highest BCUT2D eigenvalue weighted by molar-refractivity contribution is 5.90. The van der Waals surface area contributed by atoms with E-state index in [0.717, 1.165) is 55.9 Å². The highest BCUT2D eigenvalue weighted by atomic mass is 19.1. The van der Waals surface area contributed by atoms with E-state index in [9.17, 15) is 9.65 Å². The molecule has 2 saturated heterocycles. The van der Waals surface area contributed by atoms with Crippen LogP contribution in [0.2, 0.25) is 0 Å². The Balaban J connectivity index is 1.50. The largest absolute Gasteiger partial charge is 0.372 e. The summed E-state index contributed by atoms with van der Waals surface area (Å²) in [5, 5.41) is 9.22. The van der Waals surface area contributed by atoms with Crippen molar-refractivity contribution in [3.8, 4) is 23.1 Å². The number of nitrogens with zero attached hydrogens (tertiary/aromatic N) is 6. The average molecular weight is 496 g/mol. The predicted octanol–water partition coefficient (Wildman–Crippen LogP) is 5.02. The number of aromatic nitrogens is 3. The van der Waals surface area contributed by atoms with Crippen molar-refractivity contribution in [2.75, 3.05) is 36.0 Å². The molecule has 2 aliphatic rings. The number of hydrogen-bond donors (Lipinski definition) is 1. The molecule has 37 heavy (non-hydrogen) atoms. The van der Waals surface area contributed by atoms with Crippen LogP contribution in [0, 0.1) is 17.1 Å². The lowest BCUT2D eigenvalue weighted by Crippen LogP contribution is -2.42. The van der Waals surface area contributed by atoms with Crippen LogP contribution in [0.25, 0.3) is 28.2 Å². The molecule has 2 N–H and O–H groups in total. The maximum Gasteiger partial charge on any atom is 0.167 e. The van der Waals surface area contributed by atoms with Crippen molar-refractivity contribution in [3.05, 3.63) is 66.1 Å². The first-order valence-corrected chi connectivity index (χ1v) is 13.1. The van der Waals surface area contributed by atoms with Gasteiger partial charge in [0.2, 0.25) is 0 Å². The molecule has 0 saturated carbocycles. The van der Waals surface area contributed by atoms with Gasteiger partial charge in [-0.1, -0.05) is 0 Å². The molecular formula is C29H30FN7. The highest BCUT2D eigenvalue weighted by Crippen LogP contribution is 2.34. The summed E-state index contributed by atoms with van der Waals surface area (Å²) >= 11 is 0. The van der Waals surface area contributed by atoms with E-state index in [0.29, 0.717) is 17.0 Å². The number of piperidine rings is 2. The summed E-state index contributed by atoms with van der Waals surface area (Å²) in [7, 11) is 0. The number of halogens is 1. The van der Waals surface area contributed by atoms with Crippen LogP contribution in [0.1, 0.15) is 37.7 Å². The normalized spacial score (nSPS) is 18.2. The number of anilines is 2. The summed E-state index contributed by atoms with van der Waals surface area (Å²) in [6.45, 7) is 3.82. The molecule has 6 rings (SSSR count). The lowest BCUT2D eigenvalue weighted by atomic mass is 10.1. The summed E-state index contributed by atoms with van der Waals surface area (Å²) in [6, 6.07) is 17.1. The Labute approximate surface area is 216 Å². The minimum Gasteiger partial charge on any atom is -0.372 e. The van der Waals surface area contributed by atoms with Crippen molar-refractivity contribution in [1.82, 2.24) is 14.5 Å². The molecule has 0 radical (unpaired) electrons. The molecular weight excluding hydrogens is 465 g/mol. The maximum atomic E-state index is 14.7. The van der Waals surface area contributed by atoms with Crippen molar-refractivity contribution >= 4 is 22.5 Å². The van der Waals surface area contributed by atoms with Crippen LogP contribution in [0.15, 0.2) is 54.7 Å². The van der Waals surface area contributed by atoms with Gasteiger partial charge in [-0.2, -0.15) is 5.26 Å². The van der Waals surface area contributed by atoms with Gasteiger partial charge in [0.25, 0.3) is 0 Å². The molecule has 8 heteroatoms. The molecule has 4 heterocycles. The number of imidazole rings is 1. The molecule has 1 atom stereocenters. The number of fused-ring (bicyclic) bond motifs is 1. The predicted molar refractivity (Wildman–Crippen MR) is 144 cm³/mol. The van der Waals surface area contributed by atoms with Crippen LogP contribution in [0.5, 0.6) is 0 Å². The van der Waals surface area contributed by atoms with E-state index in [1.165, 1.54) is 37.1 Å². The maximum absolute atomic E-state index is 14.7. The van der Waals surface area contributed by atoms with Crippen molar-refractivity contribution in [3.63, 3.8) is 0 Å². The van der Waals surface area contributed by atoms with E-state index in [4.69, 9.17) is 15.7 Å². The van der Waals surface area contributed by atoms with Crippen LogP contribution in [-0.4, -0.2) is 46.8 Å². The molecule has 2 aliphatic heterocycles. The van der Waals surface area contributed by atoms with Crippen LogP contribution < -0.4 is 15.5 Å². The van der Waals surface area contributed by atoms with Gasteiger partial charge in [0.05, 0.1) is 11.3 Å². The van der Waals surface area contributed by atoms with Crippen LogP contribution in [-0.2, 0) is 0 Å². The summed E-state index contributed by atoms with van der Waals surface area (Å²) in [5.41, 5.74) is 11.5. The van der Waals surface area contributed by atoms with E-state index in [1.54, 1.807) is 12.3 Å². The topological polar surface area (TPSA) is 87.0 Å². The zero-order valence-corrected chi connectivity index (χ0v) is 20.8. The Bertz CT molecular complexity index is 1460. The molecule has 7 nitrogen and oxygen atoms in total. The van der Waals surface area contributed by atoms with Crippen LogP contribution in [0.4, 0.5) is 15.8 Å². The Morgan fingerprint density at radius 2 is 1.68 bits per heavy atom. The Kier molecular flexibility index (Phi) is 6.23. The molecule has 0 bridgehead atoms. The van der Waals surface area contributed by atoms with Gasteiger partial charge in [-0.15, -0.1) is 0 Å². The van der Waals surface area contributed by atoms with Gasteiger partial charge < -0.3 is 15.5 Å². The summed E-state index contributed by atoms with van der Waals surface area (Å²) < 4.78 is 16.7. The number of nitrogens with two attached hydrogens (primary N) is 1. The van der Waals surface area contributed by atoms with Gasteiger partial charge in [-0.3, -0.25) is 4.57 Å². The minimum atomic E-state index is -0.561. The lowest BCUT2D eigenvalue weighted by molar-refractivity contribution is 0.507. The molecule has 188 valence electrons. The lowest BCUT2D eigenvalue weighted by Gasteiger charge is -2.32. The quantitative estimate of drug-likeness (QED) is 0.428. The second-order valence-electron chi connectivity index (χ2n) is 9.99. The Morgan fingerprint density at radius 3 is 2.41 bits per heavy atom. The van der Waals surface area contributed by atoms with Gasteiger partial charge in [-0.05, 0) is 80.6 Å². The molecule has 0 amide bonds. The van der Waals surface area contributed by atoms with Crippen LogP contribution in [0.3, 0.4) is 0 Å². The van der Waals surface area contributed by atoms with Gasteiger partial charge in [-0.25, -0.2) is 14.4 Å². The smallest absolute Gasteiger partial charge is 0.167 e. The van der Waals surface area contributed by atoms with E-state index >= 15 is 0 Å². The standard InChI is InChI=1S/C29H30FN7/c30-25-17-20(6-7-21(25)18-31)28-34-27-26(36-16-4-5-22(32)19-36)12-13-33-29(27)37(28)24-10-8-23(9-11-24)35-14-2-1-3-15-35/h6-13,17,22H,1-5,14-16,19,32H2/t22-/m1/s1. The second-order valence-corrected chi connectivity index (χ2v) is 9.99. The van der Waals surface area contributed by atoms with Crippen molar-refractivity contribution in [2.45, 2.75) is 38.1 Å². The fourth-order valence-corrected chi connectivity index (χ4v) is 5.59. The first-order valence-electron chi connectivity index (χ1n) is 13.1. The Hall–Kier alpha value is -3.96. The minimum absolute atomic E-state index is 0.0124. The number of pyridine rings is 1. The van der Waals surface area contributed by atoms with Gasteiger partial charge in [0.15, 0.2) is 5.65 Å². The summed E-state index contributed by atoms with van der Waals surface area (Å²) in [4.78, 5) is 14.5. The molecule has 0 spiro atoms. The zero-order valence-electron chi connectivity index (χ0n) is 20.8. The van der Waals surface area contributed by atoms with E-state index in [1.807, 2.05) is 16.7 Å². The first kappa shape index (κ1) is 23.4. The van der Waals surface area contributed by atoms with Crippen molar-refractivity contribution < 1.29 is 4.39 Å². The fraction of sp³-hybridized carbons (Fsp3) is 0.345. The van der Waals surface area contributed by atoms with Crippen molar-refractivity contribution in [1.29, 1.82) is 5.26 Å². The summed E-state index contributed by atoms with van der Waals surface area (Å²) in [5.74, 6) is 0.0274. The van der Waals surface area contributed by atoms with Gasteiger partial charge in [0, 0.05) is 55.4 Å². The number of benzene rings is 2. The molecule has 2 fully saturated rings. The van der Waals surface area contributed by atoms with Gasteiger partial charge >= 0.3 is 0 Å². The number of nitriles is 1. The first-order chi connectivity index (χ1) is 18.1. The Morgan fingerprint density at radius 1 is 0.919 bits per heavy atom. The highest BCUT2D eigenvalue weighted by Gasteiger charge is 2.24. The van der Waals surface area contributed by atoms with E-state index in [-0.39, 0.29) is 11.6 Å². The second kappa shape index (κ2) is 9.83.